The summed E-state index contributed by atoms with van der Waals surface area (Å²) in [7, 11) is 0. The minimum absolute atomic E-state index is 0.418. The van der Waals surface area contributed by atoms with E-state index < -0.39 is 0 Å². The van der Waals surface area contributed by atoms with Gasteiger partial charge in [-0.2, -0.15) is 4.98 Å². The molecule has 0 unspecified atom stereocenters. The molecular weight excluding hydrogens is 389 g/mol. The molecule has 0 radical (unpaired) electrons. The SMILES string of the molecule is Nc1ccccc1-c1noc(-c2ccc(I)c(Cl)c2)n1. The molecule has 0 saturated heterocycles. The molecule has 4 nitrogen and oxygen atoms in total. The summed E-state index contributed by atoms with van der Waals surface area (Å²) in [4.78, 5) is 4.36. The third-order valence-electron chi connectivity index (χ3n) is 2.79. The predicted molar refractivity (Wildman–Crippen MR) is 87.3 cm³/mol. The average Bonchev–Trinajstić information content (AvgIpc) is 2.92. The Morgan fingerprint density at radius 1 is 1.15 bits per heavy atom. The Morgan fingerprint density at radius 3 is 2.70 bits per heavy atom. The number of hydrogen-bond donors (Lipinski definition) is 1. The van der Waals surface area contributed by atoms with Gasteiger partial charge in [0.2, 0.25) is 5.82 Å². The van der Waals surface area contributed by atoms with Gasteiger partial charge in [0.25, 0.3) is 5.89 Å². The van der Waals surface area contributed by atoms with Crippen LogP contribution in [0.15, 0.2) is 47.0 Å². The molecule has 0 fully saturated rings. The first-order valence-electron chi connectivity index (χ1n) is 5.79. The van der Waals surface area contributed by atoms with Crippen molar-refractivity contribution >= 4 is 39.9 Å². The van der Waals surface area contributed by atoms with Crippen LogP contribution < -0.4 is 5.73 Å². The summed E-state index contributed by atoms with van der Waals surface area (Å²) < 4.78 is 6.25. The maximum Gasteiger partial charge on any atom is 0.258 e. The van der Waals surface area contributed by atoms with Crippen molar-refractivity contribution < 1.29 is 4.52 Å². The van der Waals surface area contributed by atoms with E-state index >= 15 is 0 Å². The molecule has 0 aliphatic heterocycles. The van der Waals surface area contributed by atoms with E-state index in [0.717, 1.165) is 14.7 Å². The summed E-state index contributed by atoms with van der Waals surface area (Å²) >= 11 is 8.26. The highest BCUT2D eigenvalue weighted by molar-refractivity contribution is 14.1. The second kappa shape index (κ2) is 5.41. The number of aromatic nitrogens is 2. The van der Waals surface area contributed by atoms with Gasteiger partial charge in [0.05, 0.1) is 5.02 Å². The number of nitrogens with zero attached hydrogens (tertiary/aromatic N) is 2. The molecule has 0 aliphatic rings. The molecule has 3 aromatic rings. The van der Waals surface area contributed by atoms with E-state index in [2.05, 4.69) is 32.7 Å². The van der Waals surface area contributed by atoms with E-state index in [0.29, 0.717) is 22.4 Å². The minimum atomic E-state index is 0.418. The lowest BCUT2D eigenvalue weighted by Crippen LogP contribution is -1.90. The molecule has 0 aliphatic carbocycles. The third-order valence-corrected chi connectivity index (χ3v) is 4.37. The van der Waals surface area contributed by atoms with E-state index in [-0.39, 0.29) is 0 Å². The Balaban J connectivity index is 2.02. The quantitative estimate of drug-likeness (QED) is 0.519. The van der Waals surface area contributed by atoms with Gasteiger partial charge in [-0.3, -0.25) is 0 Å². The number of para-hydroxylation sites is 1. The molecule has 0 bridgehead atoms. The molecule has 2 aromatic carbocycles. The summed E-state index contributed by atoms with van der Waals surface area (Å²) in [5, 5.41) is 4.62. The lowest BCUT2D eigenvalue weighted by atomic mass is 10.2. The van der Waals surface area contributed by atoms with E-state index in [1.54, 1.807) is 12.1 Å². The standard InChI is InChI=1S/C14H9ClIN3O/c15-10-7-8(5-6-11(10)16)14-18-13(19-20-14)9-3-1-2-4-12(9)17/h1-7H,17H2. The van der Waals surface area contributed by atoms with Crippen LogP contribution >= 0.6 is 34.2 Å². The first-order valence-corrected chi connectivity index (χ1v) is 7.25. The number of nitrogen functional groups attached to an aromatic ring is 1. The van der Waals surface area contributed by atoms with Crippen LogP contribution in [0.1, 0.15) is 0 Å². The van der Waals surface area contributed by atoms with Crippen molar-refractivity contribution in [3.63, 3.8) is 0 Å². The molecule has 20 heavy (non-hydrogen) atoms. The Morgan fingerprint density at radius 2 is 1.95 bits per heavy atom. The zero-order valence-corrected chi connectivity index (χ0v) is 13.1. The van der Waals surface area contributed by atoms with Crippen LogP contribution in [0.4, 0.5) is 5.69 Å². The average molecular weight is 398 g/mol. The van der Waals surface area contributed by atoms with Crippen molar-refractivity contribution in [2.45, 2.75) is 0 Å². The number of halogens is 2. The van der Waals surface area contributed by atoms with E-state index in [1.165, 1.54) is 0 Å². The number of nitrogens with two attached hydrogens (primary N) is 1. The van der Waals surface area contributed by atoms with Crippen LogP contribution in [0, 0.1) is 3.57 Å². The number of hydrogen-bond acceptors (Lipinski definition) is 4. The van der Waals surface area contributed by atoms with Crippen LogP contribution in [0.5, 0.6) is 0 Å². The van der Waals surface area contributed by atoms with Gasteiger partial charge < -0.3 is 10.3 Å². The molecule has 0 amide bonds. The number of anilines is 1. The summed E-state index contributed by atoms with van der Waals surface area (Å²) in [5.74, 6) is 0.884. The summed E-state index contributed by atoms with van der Waals surface area (Å²) in [5.41, 5.74) is 8.04. The monoisotopic (exact) mass is 397 g/mol. The van der Waals surface area contributed by atoms with Gasteiger partial charge in [-0.25, -0.2) is 0 Å². The van der Waals surface area contributed by atoms with Gasteiger partial charge in [-0.05, 0) is 52.9 Å². The van der Waals surface area contributed by atoms with Crippen molar-refractivity contribution in [2.75, 3.05) is 5.73 Å². The van der Waals surface area contributed by atoms with E-state index in [9.17, 15) is 0 Å². The zero-order chi connectivity index (χ0) is 14.1. The highest BCUT2D eigenvalue weighted by atomic mass is 127. The topological polar surface area (TPSA) is 64.9 Å². The summed E-state index contributed by atoms with van der Waals surface area (Å²) in [6.45, 7) is 0. The molecule has 0 atom stereocenters. The van der Waals surface area contributed by atoms with Gasteiger partial charge in [0, 0.05) is 20.4 Å². The smallest absolute Gasteiger partial charge is 0.258 e. The summed E-state index contributed by atoms with van der Waals surface area (Å²) in [6.07, 6.45) is 0. The molecule has 1 heterocycles. The molecule has 1 aromatic heterocycles. The molecule has 0 spiro atoms. The molecule has 0 saturated carbocycles. The maximum absolute atomic E-state index is 6.10. The largest absolute Gasteiger partial charge is 0.398 e. The van der Waals surface area contributed by atoms with Crippen molar-refractivity contribution in [3.8, 4) is 22.8 Å². The van der Waals surface area contributed by atoms with Crippen molar-refractivity contribution in [2.24, 2.45) is 0 Å². The zero-order valence-electron chi connectivity index (χ0n) is 10.2. The Bertz CT molecular complexity index is 773. The van der Waals surface area contributed by atoms with Crippen LogP contribution in [-0.4, -0.2) is 10.1 Å². The van der Waals surface area contributed by atoms with Crippen LogP contribution in [0.3, 0.4) is 0 Å². The van der Waals surface area contributed by atoms with E-state index in [4.69, 9.17) is 21.9 Å². The van der Waals surface area contributed by atoms with Crippen molar-refractivity contribution in [1.29, 1.82) is 0 Å². The lowest BCUT2D eigenvalue weighted by Gasteiger charge is -1.99. The number of rotatable bonds is 2. The predicted octanol–water partition coefficient (Wildman–Crippen LogP) is 4.24. The fraction of sp³-hybridized carbons (Fsp3) is 0. The van der Waals surface area contributed by atoms with Crippen LogP contribution in [-0.2, 0) is 0 Å². The Kier molecular flexibility index (Phi) is 3.62. The molecule has 3 rings (SSSR count). The fourth-order valence-electron chi connectivity index (χ4n) is 1.78. The molecular formula is C14H9ClIN3O. The third kappa shape index (κ3) is 2.51. The van der Waals surface area contributed by atoms with Crippen molar-refractivity contribution in [1.82, 2.24) is 10.1 Å². The number of benzene rings is 2. The second-order valence-corrected chi connectivity index (χ2v) is 5.71. The normalized spacial score (nSPS) is 10.7. The first-order chi connectivity index (χ1) is 9.65. The Hall–Kier alpha value is -1.60. The second-order valence-electron chi connectivity index (χ2n) is 4.14. The highest BCUT2D eigenvalue weighted by Gasteiger charge is 2.13. The fourth-order valence-corrected chi connectivity index (χ4v) is 2.30. The van der Waals surface area contributed by atoms with Crippen molar-refractivity contribution in [3.05, 3.63) is 51.1 Å². The minimum Gasteiger partial charge on any atom is -0.398 e. The maximum atomic E-state index is 6.10. The molecule has 6 heteroatoms. The Labute approximate surface area is 134 Å². The molecule has 2 N–H and O–H groups in total. The van der Waals surface area contributed by atoms with E-state index in [1.807, 2.05) is 30.3 Å². The first kappa shape index (κ1) is 13.4. The highest BCUT2D eigenvalue weighted by Crippen LogP contribution is 2.28. The lowest BCUT2D eigenvalue weighted by molar-refractivity contribution is 0.432. The van der Waals surface area contributed by atoms with Crippen LogP contribution in [0.2, 0.25) is 5.02 Å². The van der Waals surface area contributed by atoms with Crippen LogP contribution in [0.25, 0.3) is 22.8 Å². The summed E-state index contributed by atoms with van der Waals surface area (Å²) in [6, 6.07) is 13.0. The van der Waals surface area contributed by atoms with Gasteiger partial charge in [-0.15, -0.1) is 0 Å². The van der Waals surface area contributed by atoms with Gasteiger partial charge >= 0.3 is 0 Å². The van der Waals surface area contributed by atoms with Gasteiger partial charge in [0.1, 0.15) is 0 Å². The van der Waals surface area contributed by atoms with Gasteiger partial charge in [-0.1, -0.05) is 28.9 Å². The van der Waals surface area contributed by atoms with Gasteiger partial charge in [0.15, 0.2) is 0 Å². The molecule has 100 valence electrons.